The Morgan fingerprint density at radius 1 is 1.20 bits per heavy atom. The molecule has 0 fully saturated rings. The summed E-state index contributed by atoms with van der Waals surface area (Å²) < 4.78 is 4.95. The number of rotatable bonds is 9. The molecule has 0 aromatic rings. The van der Waals surface area contributed by atoms with Crippen molar-refractivity contribution in [1.82, 2.24) is 0 Å². The van der Waals surface area contributed by atoms with Gasteiger partial charge in [-0.2, -0.15) is 0 Å². The zero-order chi connectivity index (χ0) is 11.5. The maximum absolute atomic E-state index is 11.6. The minimum Gasteiger partial charge on any atom is -0.463 e. The van der Waals surface area contributed by atoms with E-state index in [1.54, 1.807) is 0 Å². The largest absolute Gasteiger partial charge is 0.463 e. The van der Waals surface area contributed by atoms with Crippen LogP contribution in [0.25, 0.3) is 0 Å². The molecule has 0 spiro atoms. The van der Waals surface area contributed by atoms with E-state index in [-0.39, 0.29) is 25.1 Å². The van der Waals surface area contributed by atoms with E-state index < -0.39 is 0 Å². The van der Waals surface area contributed by atoms with E-state index in [0.717, 1.165) is 25.7 Å². The van der Waals surface area contributed by atoms with Gasteiger partial charge in [0, 0.05) is 0 Å². The molecule has 0 saturated carbocycles. The molecule has 1 atom stereocenters. The molecule has 0 heterocycles. The molecule has 0 aromatic heterocycles. The van der Waals surface area contributed by atoms with Gasteiger partial charge in [-0.3, -0.25) is 4.79 Å². The molecule has 0 aliphatic carbocycles. The number of esters is 1. The Morgan fingerprint density at radius 2 is 1.93 bits per heavy atom. The van der Waals surface area contributed by atoms with Crippen molar-refractivity contribution >= 4 is 5.97 Å². The first-order valence-electron chi connectivity index (χ1n) is 6.03. The summed E-state index contributed by atoms with van der Waals surface area (Å²) in [5.41, 5.74) is 0. The van der Waals surface area contributed by atoms with E-state index in [0.29, 0.717) is 0 Å². The number of hydrogen-bond acceptors (Lipinski definition) is 3. The Morgan fingerprint density at radius 3 is 2.47 bits per heavy atom. The molecule has 3 heteroatoms. The number of aliphatic hydroxyl groups is 1. The number of ether oxygens (including phenoxy) is 1. The zero-order valence-electron chi connectivity index (χ0n) is 10.00. The van der Waals surface area contributed by atoms with Crippen LogP contribution in [0.4, 0.5) is 0 Å². The highest BCUT2D eigenvalue weighted by Gasteiger charge is 2.18. The second-order valence-electron chi connectivity index (χ2n) is 3.87. The zero-order valence-corrected chi connectivity index (χ0v) is 10.00. The maximum atomic E-state index is 11.6. The summed E-state index contributed by atoms with van der Waals surface area (Å²) >= 11 is 0. The Kier molecular flexibility index (Phi) is 9.59. The van der Waals surface area contributed by atoms with Crippen molar-refractivity contribution in [2.45, 2.75) is 52.4 Å². The van der Waals surface area contributed by atoms with Crippen LogP contribution in [0.5, 0.6) is 0 Å². The van der Waals surface area contributed by atoms with Crippen molar-refractivity contribution in [2.24, 2.45) is 5.92 Å². The number of unbranched alkanes of at least 4 members (excludes halogenated alkanes) is 2. The summed E-state index contributed by atoms with van der Waals surface area (Å²) in [5, 5.41) is 8.56. The van der Waals surface area contributed by atoms with Gasteiger partial charge in [0.1, 0.15) is 6.61 Å². The predicted molar refractivity (Wildman–Crippen MR) is 60.6 cm³/mol. The standard InChI is InChI=1S/C12H24O3/c1-3-5-6-8-11(7-4-2)12(14)15-10-9-13/h11,13H,3-10H2,1-2H3. The second kappa shape index (κ2) is 9.97. The molecule has 1 N–H and O–H groups in total. The SMILES string of the molecule is CCCCCC(CCC)C(=O)OCCO. The summed E-state index contributed by atoms with van der Waals surface area (Å²) in [5.74, 6) is -0.102. The Labute approximate surface area is 92.8 Å². The fraction of sp³-hybridized carbons (Fsp3) is 0.917. The van der Waals surface area contributed by atoms with Gasteiger partial charge in [-0.1, -0.05) is 39.5 Å². The first kappa shape index (κ1) is 14.4. The molecule has 0 aliphatic heterocycles. The lowest BCUT2D eigenvalue weighted by Crippen LogP contribution is -2.19. The topological polar surface area (TPSA) is 46.5 Å². The van der Waals surface area contributed by atoms with Gasteiger partial charge in [0.05, 0.1) is 12.5 Å². The quantitative estimate of drug-likeness (QED) is 0.476. The predicted octanol–water partition coefficient (Wildman–Crippen LogP) is 2.52. The summed E-state index contributed by atoms with van der Waals surface area (Å²) in [6, 6.07) is 0. The third-order valence-corrected chi connectivity index (χ3v) is 2.46. The average molecular weight is 216 g/mol. The molecule has 15 heavy (non-hydrogen) atoms. The van der Waals surface area contributed by atoms with Gasteiger partial charge in [0.2, 0.25) is 0 Å². The van der Waals surface area contributed by atoms with E-state index in [4.69, 9.17) is 9.84 Å². The van der Waals surface area contributed by atoms with Crippen molar-refractivity contribution in [1.29, 1.82) is 0 Å². The van der Waals surface area contributed by atoms with Crippen LogP contribution in [-0.2, 0) is 9.53 Å². The number of carbonyl (C=O) groups excluding carboxylic acids is 1. The van der Waals surface area contributed by atoms with Crippen molar-refractivity contribution < 1.29 is 14.6 Å². The van der Waals surface area contributed by atoms with E-state index in [1.807, 2.05) is 0 Å². The van der Waals surface area contributed by atoms with E-state index >= 15 is 0 Å². The molecule has 90 valence electrons. The number of hydrogen-bond donors (Lipinski definition) is 1. The van der Waals surface area contributed by atoms with Crippen LogP contribution in [0.3, 0.4) is 0 Å². The maximum Gasteiger partial charge on any atom is 0.309 e. The minimum absolute atomic E-state index is 0.0353. The van der Waals surface area contributed by atoms with Gasteiger partial charge >= 0.3 is 5.97 Å². The summed E-state index contributed by atoms with van der Waals surface area (Å²) in [4.78, 5) is 11.6. The van der Waals surface area contributed by atoms with Gasteiger partial charge in [-0.25, -0.2) is 0 Å². The van der Waals surface area contributed by atoms with Crippen LogP contribution >= 0.6 is 0 Å². The molecule has 0 aliphatic rings. The lowest BCUT2D eigenvalue weighted by molar-refractivity contribution is -0.150. The highest BCUT2D eigenvalue weighted by atomic mass is 16.5. The Bertz CT molecular complexity index is 157. The molecule has 0 aromatic carbocycles. The van der Waals surface area contributed by atoms with Crippen LogP contribution in [0, 0.1) is 5.92 Å². The molecular formula is C12H24O3. The molecule has 1 unspecified atom stereocenters. The lowest BCUT2D eigenvalue weighted by Gasteiger charge is -2.14. The monoisotopic (exact) mass is 216 g/mol. The third-order valence-electron chi connectivity index (χ3n) is 2.46. The van der Waals surface area contributed by atoms with Crippen LogP contribution in [0.1, 0.15) is 52.4 Å². The number of aliphatic hydroxyl groups excluding tert-OH is 1. The lowest BCUT2D eigenvalue weighted by atomic mass is 9.97. The molecule has 0 bridgehead atoms. The first-order chi connectivity index (χ1) is 7.26. The van der Waals surface area contributed by atoms with E-state index in [2.05, 4.69) is 13.8 Å². The molecule has 0 amide bonds. The van der Waals surface area contributed by atoms with Crippen molar-refractivity contribution in [3.63, 3.8) is 0 Å². The highest BCUT2D eigenvalue weighted by Crippen LogP contribution is 2.17. The summed E-state index contributed by atoms with van der Waals surface area (Å²) in [6.45, 7) is 4.28. The van der Waals surface area contributed by atoms with Crippen LogP contribution < -0.4 is 0 Å². The Balaban J connectivity index is 3.83. The van der Waals surface area contributed by atoms with Gasteiger partial charge < -0.3 is 9.84 Å². The molecule has 0 rings (SSSR count). The molecule has 0 saturated heterocycles. The van der Waals surface area contributed by atoms with Crippen LogP contribution in [0.2, 0.25) is 0 Å². The third kappa shape index (κ3) is 7.37. The summed E-state index contributed by atoms with van der Waals surface area (Å²) in [7, 11) is 0. The van der Waals surface area contributed by atoms with Crippen molar-refractivity contribution in [2.75, 3.05) is 13.2 Å². The minimum atomic E-state index is -0.137. The van der Waals surface area contributed by atoms with Gasteiger partial charge in [0.15, 0.2) is 0 Å². The van der Waals surface area contributed by atoms with E-state index in [1.165, 1.54) is 12.8 Å². The molecular weight excluding hydrogens is 192 g/mol. The molecule has 3 nitrogen and oxygen atoms in total. The van der Waals surface area contributed by atoms with Gasteiger partial charge in [0.25, 0.3) is 0 Å². The average Bonchev–Trinajstić information content (AvgIpc) is 2.25. The fourth-order valence-electron chi connectivity index (χ4n) is 1.63. The van der Waals surface area contributed by atoms with Crippen LogP contribution in [-0.4, -0.2) is 24.3 Å². The first-order valence-corrected chi connectivity index (χ1v) is 6.03. The van der Waals surface area contributed by atoms with Crippen molar-refractivity contribution in [3.05, 3.63) is 0 Å². The number of carbonyl (C=O) groups is 1. The second-order valence-corrected chi connectivity index (χ2v) is 3.87. The van der Waals surface area contributed by atoms with E-state index in [9.17, 15) is 4.79 Å². The smallest absolute Gasteiger partial charge is 0.309 e. The highest BCUT2D eigenvalue weighted by molar-refractivity contribution is 5.72. The van der Waals surface area contributed by atoms with Crippen LogP contribution in [0.15, 0.2) is 0 Å². The van der Waals surface area contributed by atoms with Crippen molar-refractivity contribution in [3.8, 4) is 0 Å². The molecule has 0 radical (unpaired) electrons. The Hall–Kier alpha value is -0.570. The van der Waals surface area contributed by atoms with Gasteiger partial charge in [-0.05, 0) is 12.8 Å². The summed E-state index contributed by atoms with van der Waals surface area (Å²) in [6.07, 6.45) is 6.26. The normalized spacial score (nSPS) is 12.5. The van der Waals surface area contributed by atoms with Gasteiger partial charge in [-0.15, -0.1) is 0 Å². The fourth-order valence-corrected chi connectivity index (χ4v) is 1.63.